The van der Waals surface area contributed by atoms with Crippen LogP contribution in [0.25, 0.3) is 0 Å². The summed E-state index contributed by atoms with van der Waals surface area (Å²) >= 11 is 0. The van der Waals surface area contributed by atoms with Gasteiger partial charge in [-0.25, -0.2) is 8.42 Å². The van der Waals surface area contributed by atoms with Gasteiger partial charge in [0, 0.05) is 24.4 Å². The number of hydrogen-bond acceptors (Lipinski definition) is 6. The van der Waals surface area contributed by atoms with Crippen LogP contribution in [0.15, 0.2) is 18.6 Å². The van der Waals surface area contributed by atoms with Gasteiger partial charge in [0.25, 0.3) is 0 Å². The Morgan fingerprint density at radius 3 is 2.75 bits per heavy atom. The number of nitrogens with two attached hydrogens (primary N) is 1. The fourth-order valence-corrected chi connectivity index (χ4v) is 2.05. The number of hydrazine groups is 1. The summed E-state index contributed by atoms with van der Waals surface area (Å²) in [5.74, 6) is 5.55. The molecule has 1 unspecified atom stereocenters. The molecule has 6 nitrogen and oxygen atoms in total. The van der Waals surface area contributed by atoms with Crippen LogP contribution >= 0.6 is 0 Å². The van der Waals surface area contributed by atoms with Crippen molar-refractivity contribution in [3.05, 3.63) is 24.3 Å². The number of nitrogens with one attached hydrogen (secondary N) is 1. The van der Waals surface area contributed by atoms with Crippen molar-refractivity contribution in [1.29, 1.82) is 0 Å². The topological polar surface area (TPSA) is 98.0 Å². The monoisotopic (exact) mass is 244 g/mol. The Kier molecular flexibility index (Phi) is 4.78. The summed E-state index contributed by atoms with van der Waals surface area (Å²) in [5.41, 5.74) is 3.33. The normalized spacial score (nSPS) is 13.6. The molecule has 90 valence electrons. The molecule has 16 heavy (non-hydrogen) atoms. The van der Waals surface area contributed by atoms with Crippen molar-refractivity contribution >= 4 is 9.84 Å². The molecule has 0 saturated heterocycles. The van der Waals surface area contributed by atoms with Gasteiger partial charge in [-0.1, -0.05) is 0 Å². The van der Waals surface area contributed by atoms with Crippen molar-refractivity contribution in [3.8, 4) is 0 Å². The molecule has 0 fully saturated rings. The molecule has 1 aromatic heterocycles. The van der Waals surface area contributed by atoms with Crippen LogP contribution in [-0.2, 0) is 9.84 Å². The highest BCUT2D eigenvalue weighted by atomic mass is 32.2. The lowest BCUT2D eigenvalue weighted by molar-refractivity contribution is 0.495. The smallest absolute Gasteiger partial charge is 0.147 e. The second-order valence-corrected chi connectivity index (χ2v) is 5.88. The zero-order valence-corrected chi connectivity index (χ0v) is 9.94. The zero-order valence-electron chi connectivity index (χ0n) is 9.13. The van der Waals surface area contributed by atoms with Crippen molar-refractivity contribution in [1.82, 2.24) is 15.4 Å². The Bertz CT molecular complexity index is 407. The maximum Gasteiger partial charge on any atom is 0.147 e. The number of rotatable bonds is 6. The molecule has 0 bridgehead atoms. The van der Waals surface area contributed by atoms with E-state index in [1.165, 1.54) is 6.26 Å². The van der Waals surface area contributed by atoms with Gasteiger partial charge in [-0.05, 0) is 12.8 Å². The number of hydrogen-bond donors (Lipinski definition) is 2. The van der Waals surface area contributed by atoms with Gasteiger partial charge >= 0.3 is 0 Å². The average molecular weight is 244 g/mol. The van der Waals surface area contributed by atoms with Crippen molar-refractivity contribution in [3.63, 3.8) is 0 Å². The first-order valence-electron chi connectivity index (χ1n) is 4.92. The van der Waals surface area contributed by atoms with Crippen LogP contribution in [0, 0.1) is 0 Å². The lowest BCUT2D eigenvalue weighted by atomic mass is 10.1. The summed E-state index contributed by atoms with van der Waals surface area (Å²) < 4.78 is 21.9. The summed E-state index contributed by atoms with van der Waals surface area (Å²) in [5, 5.41) is 0. The molecule has 1 heterocycles. The van der Waals surface area contributed by atoms with E-state index in [-0.39, 0.29) is 11.8 Å². The molecule has 1 rings (SSSR count). The minimum Gasteiger partial charge on any atom is -0.271 e. The molecule has 0 aliphatic rings. The molecule has 0 aromatic carbocycles. The lowest BCUT2D eigenvalue weighted by Crippen LogP contribution is -2.29. The molecule has 1 atom stereocenters. The molecule has 0 amide bonds. The molecule has 7 heteroatoms. The number of nitrogens with zero attached hydrogens (tertiary/aromatic N) is 2. The predicted molar refractivity (Wildman–Crippen MR) is 61.0 cm³/mol. The average Bonchev–Trinajstić information content (AvgIpc) is 2.24. The summed E-state index contributed by atoms with van der Waals surface area (Å²) in [6, 6.07) is -0.157. The third-order valence-electron chi connectivity index (χ3n) is 2.15. The maximum atomic E-state index is 11.0. The first kappa shape index (κ1) is 13.0. The Labute approximate surface area is 95.2 Å². The molecular formula is C9H16N4O2S. The van der Waals surface area contributed by atoms with Gasteiger partial charge in [-0.3, -0.25) is 21.2 Å². The van der Waals surface area contributed by atoms with Gasteiger partial charge in [0.1, 0.15) is 9.84 Å². The SMILES string of the molecule is CS(=O)(=O)CCCC(NN)c1cnccn1. The van der Waals surface area contributed by atoms with E-state index in [4.69, 9.17) is 5.84 Å². The fourth-order valence-electron chi connectivity index (χ4n) is 1.36. The highest BCUT2D eigenvalue weighted by Crippen LogP contribution is 2.14. The van der Waals surface area contributed by atoms with Gasteiger partial charge < -0.3 is 0 Å². The fraction of sp³-hybridized carbons (Fsp3) is 0.556. The van der Waals surface area contributed by atoms with Gasteiger partial charge in [-0.15, -0.1) is 0 Å². The van der Waals surface area contributed by atoms with Crippen LogP contribution in [0.5, 0.6) is 0 Å². The van der Waals surface area contributed by atoms with Gasteiger partial charge in [0.2, 0.25) is 0 Å². The molecule has 0 radical (unpaired) electrons. The van der Waals surface area contributed by atoms with E-state index in [2.05, 4.69) is 15.4 Å². The van der Waals surface area contributed by atoms with E-state index >= 15 is 0 Å². The van der Waals surface area contributed by atoms with E-state index < -0.39 is 9.84 Å². The third kappa shape index (κ3) is 4.65. The molecule has 0 aliphatic heterocycles. The van der Waals surface area contributed by atoms with Crippen LogP contribution in [0.1, 0.15) is 24.6 Å². The highest BCUT2D eigenvalue weighted by molar-refractivity contribution is 7.90. The Morgan fingerprint density at radius 2 is 2.25 bits per heavy atom. The highest BCUT2D eigenvalue weighted by Gasteiger charge is 2.12. The van der Waals surface area contributed by atoms with Gasteiger partial charge in [-0.2, -0.15) is 0 Å². The van der Waals surface area contributed by atoms with E-state index in [1.807, 2.05) is 0 Å². The Balaban J connectivity index is 2.51. The molecule has 0 spiro atoms. The van der Waals surface area contributed by atoms with Crippen LogP contribution in [-0.4, -0.2) is 30.4 Å². The minimum atomic E-state index is -2.91. The predicted octanol–water partition coefficient (Wildman–Crippen LogP) is -0.194. The van der Waals surface area contributed by atoms with Crippen LogP contribution in [0.3, 0.4) is 0 Å². The number of sulfone groups is 1. The third-order valence-corrected chi connectivity index (χ3v) is 3.18. The molecule has 3 N–H and O–H groups in total. The van der Waals surface area contributed by atoms with Crippen LogP contribution in [0.2, 0.25) is 0 Å². The quantitative estimate of drug-likeness (QED) is 0.531. The standard InChI is InChI=1S/C9H16N4O2S/c1-16(14,15)6-2-3-8(13-10)9-7-11-4-5-12-9/h4-5,7-8,13H,2-3,6,10H2,1H3. The largest absolute Gasteiger partial charge is 0.271 e. The van der Waals surface area contributed by atoms with Gasteiger partial charge in [0.05, 0.1) is 17.9 Å². The van der Waals surface area contributed by atoms with Crippen molar-refractivity contribution < 1.29 is 8.42 Å². The second-order valence-electron chi connectivity index (χ2n) is 3.62. The lowest BCUT2D eigenvalue weighted by Gasteiger charge is -2.13. The van der Waals surface area contributed by atoms with Crippen molar-refractivity contribution in [2.24, 2.45) is 5.84 Å². The Morgan fingerprint density at radius 1 is 1.50 bits per heavy atom. The summed E-state index contributed by atoms with van der Waals surface area (Å²) in [7, 11) is -2.91. The summed E-state index contributed by atoms with van der Waals surface area (Å²) in [4.78, 5) is 8.04. The maximum absolute atomic E-state index is 11.0. The second kappa shape index (κ2) is 5.88. The van der Waals surface area contributed by atoms with Gasteiger partial charge in [0.15, 0.2) is 0 Å². The van der Waals surface area contributed by atoms with E-state index in [0.29, 0.717) is 12.8 Å². The Hall–Kier alpha value is -1.05. The van der Waals surface area contributed by atoms with Crippen molar-refractivity contribution in [2.45, 2.75) is 18.9 Å². The number of aromatic nitrogens is 2. The molecule has 0 saturated carbocycles. The summed E-state index contributed by atoms with van der Waals surface area (Å²) in [6.45, 7) is 0. The van der Waals surface area contributed by atoms with E-state index in [1.54, 1.807) is 18.6 Å². The molecular weight excluding hydrogens is 228 g/mol. The van der Waals surface area contributed by atoms with Crippen molar-refractivity contribution in [2.75, 3.05) is 12.0 Å². The zero-order chi connectivity index (χ0) is 12.0. The first-order chi connectivity index (χ1) is 7.53. The van der Waals surface area contributed by atoms with Crippen LogP contribution in [0.4, 0.5) is 0 Å². The minimum absolute atomic E-state index is 0.157. The van der Waals surface area contributed by atoms with Crippen LogP contribution < -0.4 is 11.3 Å². The van der Waals surface area contributed by atoms with E-state index in [9.17, 15) is 8.42 Å². The van der Waals surface area contributed by atoms with E-state index in [0.717, 1.165) is 5.69 Å². The first-order valence-corrected chi connectivity index (χ1v) is 6.99. The molecule has 0 aliphatic carbocycles. The molecule has 1 aromatic rings. The summed E-state index contributed by atoms with van der Waals surface area (Å²) in [6.07, 6.45) is 7.15.